The molecule has 0 aliphatic carbocycles. The molecule has 1 atom stereocenters. The average Bonchev–Trinajstić information content (AvgIpc) is 3.36. The van der Waals surface area contributed by atoms with Crippen molar-refractivity contribution in [2.75, 3.05) is 13.2 Å². The van der Waals surface area contributed by atoms with Crippen LogP contribution in [0.1, 0.15) is 271 Å². The number of hydrogen-bond donors (Lipinski definition) is 0. The van der Waals surface area contributed by atoms with Gasteiger partial charge in [-0.3, -0.25) is 14.4 Å². The molecule has 0 aromatic carbocycles. The Morgan fingerprint density at radius 2 is 0.557 bits per heavy atom. The first-order chi connectivity index (χ1) is 34.5. The fraction of sp³-hybridized carbons (Fsp3) is 0.703. The Labute approximate surface area is 432 Å². The van der Waals surface area contributed by atoms with Gasteiger partial charge in [0.05, 0.1) is 0 Å². The molecule has 0 aromatic heterocycles. The van der Waals surface area contributed by atoms with Gasteiger partial charge in [-0.15, -0.1) is 0 Å². The fourth-order valence-corrected chi connectivity index (χ4v) is 8.01. The summed E-state index contributed by atoms with van der Waals surface area (Å²) in [5.41, 5.74) is 0. The molecule has 0 saturated heterocycles. The quantitative estimate of drug-likeness (QED) is 0.0262. The van der Waals surface area contributed by atoms with E-state index in [1.165, 1.54) is 109 Å². The first-order valence-electron chi connectivity index (χ1n) is 29.2. The molecule has 0 aliphatic rings. The van der Waals surface area contributed by atoms with Crippen molar-refractivity contribution in [2.24, 2.45) is 0 Å². The van der Waals surface area contributed by atoms with Gasteiger partial charge in [0.1, 0.15) is 13.2 Å². The van der Waals surface area contributed by atoms with Gasteiger partial charge in [0.25, 0.3) is 0 Å². The number of rotatable bonds is 52. The van der Waals surface area contributed by atoms with Gasteiger partial charge in [-0.2, -0.15) is 0 Å². The van der Waals surface area contributed by atoms with E-state index < -0.39 is 6.10 Å². The second-order valence-electron chi connectivity index (χ2n) is 19.1. The Morgan fingerprint density at radius 3 is 0.886 bits per heavy atom. The molecule has 0 saturated carbocycles. The highest BCUT2D eigenvalue weighted by atomic mass is 16.6. The molecule has 0 amide bonds. The molecule has 6 nitrogen and oxygen atoms in total. The molecule has 0 heterocycles. The van der Waals surface area contributed by atoms with Crippen molar-refractivity contribution in [1.29, 1.82) is 0 Å². The zero-order valence-corrected chi connectivity index (χ0v) is 45.8. The van der Waals surface area contributed by atoms with Crippen LogP contribution in [0.2, 0.25) is 0 Å². The number of carbonyl (C=O) groups excluding carboxylic acids is 3. The molecule has 0 aromatic rings. The van der Waals surface area contributed by atoms with Gasteiger partial charge in [-0.1, -0.05) is 253 Å². The maximum atomic E-state index is 12.9. The van der Waals surface area contributed by atoms with Gasteiger partial charge < -0.3 is 14.2 Å². The van der Waals surface area contributed by atoms with Crippen LogP contribution in [-0.2, 0) is 28.6 Å². The molecule has 400 valence electrons. The van der Waals surface area contributed by atoms with Gasteiger partial charge in [0, 0.05) is 19.3 Å². The average molecular weight is 974 g/mol. The van der Waals surface area contributed by atoms with E-state index >= 15 is 0 Å². The Kier molecular flexibility index (Phi) is 54.9. The van der Waals surface area contributed by atoms with Crippen molar-refractivity contribution in [1.82, 2.24) is 0 Å². The summed E-state index contributed by atoms with van der Waals surface area (Å²) in [6.45, 7) is 6.39. The van der Waals surface area contributed by atoms with E-state index in [9.17, 15) is 14.4 Å². The Bertz CT molecular complexity index is 1400. The minimum atomic E-state index is -0.794. The summed E-state index contributed by atoms with van der Waals surface area (Å²) in [6.07, 6.45) is 76.9. The summed E-state index contributed by atoms with van der Waals surface area (Å²) >= 11 is 0. The highest BCUT2D eigenvalue weighted by Crippen LogP contribution is 2.16. The molecule has 0 N–H and O–H groups in total. The Balaban J connectivity index is 4.38. The smallest absolute Gasteiger partial charge is 0.306 e. The Morgan fingerprint density at radius 1 is 0.300 bits per heavy atom. The zero-order chi connectivity index (χ0) is 50.7. The van der Waals surface area contributed by atoms with Gasteiger partial charge in [0.15, 0.2) is 6.10 Å². The van der Waals surface area contributed by atoms with Crippen molar-refractivity contribution >= 4 is 17.9 Å². The standard InChI is InChI=1S/C64H108O6/c1-4-7-10-13-16-19-22-25-27-29-30-31-32-33-34-35-37-39-42-45-48-51-54-57-63(66)69-60-61(59-68-62(65)56-53-50-47-44-41-38-24-21-18-15-12-9-6-3)70-64(67)58-55-52-49-46-43-40-36-28-26-23-20-17-14-11-8-5-2/h7,9-10,12,16,18-19,21,25,27,30-31,33-34,38,41,61H,4-6,8,11,13-15,17,20,22-24,26,28-29,32,35-37,39-40,42-60H2,1-3H3/b10-7-,12-9-,19-16-,21-18-,27-25-,31-30-,34-33-,41-38-. The maximum Gasteiger partial charge on any atom is 0.306 e. The number of esters is 3. The van der Waals surface area contributed by atoms with E-state index in [1.807, 2.05) is 0 Å². The second-order valence-corrected chi connectivity index (χ2v) is 19.1. The number of ether oxygens (including phenoxy) is 3. The maximum absolute atomic E-state index is 12.9. The van der Waals surface area contributed by atoms with E-state index in [-0.39, 0.29) is 31.1 Å². The molecule has 1 unspecified atom stereocenters. The lowest BCUT2D eigenvalue weighted by Gasteiger charge is -2.18. The van der Waals surface area contributed by atoms with Crippen LogP contribution in [0.5, 0.6) is 0 Å². The minimum Gasteiger partial charge on any atom is -0.462 e. The molecule has 0 spiro atoms. The van der Waals surface area contributed by atoms with Crippen molar-refractivity contribution in [3.63, 3.8) is 0 Å². The number of hydrogen-bond acceptors (Lipinski definition) is 6. The second kappa shape index (κ2) is 57.9. The molecule has 0 radical (unpaired) electrons. The van der Waals surface area contributed by atoms with E-state index in [0.717, 1.165) is 122 Å². The monoisotopic (exact) mass is 973 g/mol. The summed E-state index contributed by atoms with van der Waals surface area (Å²) < 4.78 is 16.8. The molecule has 0 aliphatic heterocycles. The van der Waals surface area contributed by atoms with Crippen LogP contribution in [0, 0.1) is 0 Å². The van der Waals surface area contributed by atoms with E-state index in [4.69, 9.17) is 14.2 Å². The van der Waals surface area contributed by atoms with Gasteiger partial charge in [0.2, 0.25) is 0 Å². The summed E-state index contributed by atoms with van der Waals surface area (Å²) in [4.78, 5) is 38.2. The third-order valence-electron chi connectivity index (χ3n) is 12.3. The molecule has 0 fully saturated rings. The van der Waals surface area contributed by atoms with Crippen molar-refractivity contribution in [2.45, 2.75) is 277 Å². The highest BCUT2D eigenvalue weighted by Gasteiger charge is 2.19. The summed E-state index contributed by atoms with van der Waals surface area (Å²) in [6, 6.07) is 0. The van der Waals surface area contributed by atoms with Crippen molar-refractivity contribution in [3.8, 4) is 0 Å². The number of carbonyl (C=O) groups is 3. The third-order valence-corrected chi connectivity index (χ3v) is 12.3. The van der Waals surface area contributed by atoms with Gasteiger partial charge >= 0.3 is 17.9 Å². The SMILES string of the molecule is CC/C=C\C/C=C\C/C=C\C/C=C\C/C=C\CCCCCCCCCC(=O)OCC(COC(=O)CCCCC/C=C\C/C=C\C/C=C\CC)OC(=O)CCCCCCCCCCCCCCCCCC. The lowest BCUT2D eigenvalue weighted by Crippen LogP contribution is -2.30. The van der Waals surface area contributed by atoms with Crippen LogP contribution in [0.3, 0.4) is 0 Å². The van der Waals surface area contributed by atoms with Crippen molar-refractivity contribution < 1.29 is 28.6 Å². The predicted octanol–water partition coefficient (Wildman–Crippen LogP) is 19.7. The molecule has 0 bridgehead atoms. The van der Waals surface area contributed by atoms with Crippen LogP contribution < -0.4 is 0 Å². The first-order valence-corrected chi connectivity index (χ1v) is 29.2. The minimum absolute atomic E-state index is 0.0916. The first kappa shape index (κ1) is 66.3. The van der Waals surface area contributed by atoms with Crippen LogP contribution in [-0.4, -0.2) is 37.2 Å². The molecular weight excluding hydrogens is 865 g/mol. The lowest BCUT2D eigenvalue weighted by atomic mass is 10.0. The molecule has 70 heavy (non-hydrogen) atoms. The molecular formula is C64H108O6. The lowest BCUT2D eigenvalue weighted by molar-refractivity contribution is -0.167. The number of unbranched alkanes of at least 4 members (excludes halogenated alkanes) is 25. The predicted molar refractivity (Wildman–Crippen MR) is 302 cm³/mol. The fourth-order valence-electron chi connectivity index (χ4n) is 8.01. The van der Waals surface area contributed by atoms with Crippen LogP contribution in [0.25, 0.3) is 0 Å². The highest BCUT2D eigenvalue weighted by molar-refractivity contribution is 5.71. The summed E-state index contributed by atoms with van der Waals surface area (Å²) in [5, 5.41) is 0. The van der Waals surface area contributed by atoms with Crippen molar-refractivity contribution in [3.05, 3.63) is 97.2 Å². The van der Waals surface area contributed by atoms with E-state index in [2.05, 4.69) is 118 Å². The normalized spacial score (nSPS) is 12.8. The molecule has 0 rings (SSSR count). The van der Waals surface area contributed by atoms with Crippen LogP contribution >= 0.6 is 0 Å². The number of allylic oxidation sites excluding steroid dienone is 16. The zero-order valence-electron chi connectivity index (χ0n) is 45.8. The topological polar surface area (TPSA) is 78.9 Å². The van der Waals surface area contributed by atoms with Crippen LogP contribution in [0.15, 0.2) is 97.2 Å². The van der Waals surface area contributed by atoms with Crippen LogP contribution in [0.4, 0.5) is 0 Å². The van der Waals surface area contributed by atoms with Gasteiger partial charge in [-0.25, -0.2) is 0 Å². The molecule has 6 heteroatoms. The van der Waals surface area contributed by atoms with E-state index in [1.54, 1.807) is 0 Å². The van der Waals surface area contributed by atoms with E-state index in [0.29, 0.717) is 19.3 Å². The van der Waals surface area contributed by atoms with Gasteiger partial charge in [-0.05, 0) is 96.3 Å². The summed E-state index contributed by atoms with van der Waals surface area (Å²) in [7, 11) is 0. The summed E-state index contributed by atoms with van der Waals surface area (Å²) in [5.74, 6) is -0.925. The largest absolute Gasteiger partial charge is 0.462 e. The Hall–Kier alpha value is -3.67. The third kappa shape index (κ3) is 55.3.